The summed E-state index contributed by atoms with van der Waals surface area (Å²) in [5, 5.41) is 3.40. The number of amides is 1. The van der Waals surface area contributed by atoms with Crippen molar-refractivity contribution in [2.45, 2.75) is 76.3 Å². The molecule has 38 heavy (non-hydrogen) atoms. The van der Waals surface area contributed by atoms with E-state index in [2.05, 4.69) is 20.0 Å². The van der Waals surface area contributed by atoms with Crippen molar-refractivity contribution in [1.29, 1.82) is 0 Å². The highest BCUT2D eigenvalue weighted by molar-refractivity contribution is 5.84. The summed E-state index contributed by atoms with van der Waals surface area (Å²) in [6.07, 6.45) is 3.86. The number of rotatable bonds is 9. The maximum atomic E-state index is 13.6. The van der Waals surface area contributed by atoms with Crippen molar-refractivity contribution in [3.8, 4) is 0 Å². The predicted octanol–water partition coefficient (Wildman–Crippen LogP) is 4.94. The Labute approximate surface area is 220 Å². The van der Waals surface area contributed by atoms with Gasteiger partial charge >= 0.3 is 18.1 Å². The minimum absolute atomic E-state index is 0.0191. The molecule has 2 atom stereocenters. The van der Waals surface area contributed by atoms with Gasteiger partial charge in [0.1, 0.15) is 0 Å². The molecule has 2 saturated carbocycles. The highest BCUT2D eigenvalue weighted by Crippen LogP contribution is 2.47. The van der Waals surface area contributed by atoms with Gasteiger partial charge in [-0.15, -0.1) is 0 Å². The summed E-state index contributed by atoms with van der Waals surface area (Å²) in [6.45, 7) is 2.47. The number of alkyl halides is 3. The van der Waals surface area contributed by atoms with E-state index in [0.29, 0.717) is 38.6 Å². The lowest BCUT2D eigenvalue weighted by Gasteiger charge is -2.38. The molecule has 1 aromatic carbocycles. The second kappa shape index (κ2) is 12.1. The van der Waals surface area contributed by atoms with Gasteiger partial charge in [-0.25, -0.2) is 14.8 Å². The second-order valence-electron chi connectivity index (χ2n) is 9.90. The molecule has 0 saturated heterocycles. The Hall–Kier alpha value is -3.27. The van der Waals surface area contributed by atoms with E-state index in [0.717, 1.165) is 28.0 Å². The standard InChI is InChI=1S/C28H33F3N4O3/c1-3-20(13-18-7-5-4-6-8-18)23-14-24(23)35(27(37)28(29,30)31)22-11-9-21(10-12-22)32-15-19-16-33-25(34-17-19)26(36)38-2/h4-8,13,16-17,21-24,32H,3,9-12,14-15H2,1-2H3. The molecule has 0 radical (unpaired) electrons. The molecule has 2 fully saturated rings. The van der Waals surface area contributed by atoms with E-state index in [-0.39, 0.29) is 17.8 Å². The van der Waals surface area contributed by atoms with E-state index in [4.69, 9.17) is 0 Å². The molecule has 204 valence electrons. The van der Waals surface area contributed by atoms with Crippen LogP contribution in [0.3, 0.4) is 0 Å². The number of hydrogen-bond acceptors (Lipinski definition) is 6. The molecule has 0 bridgehead atoms. The zero-order valence-corrected chi connectivity index (χ0v) is 21.6. The van der Waals surface area contributed by atoms with E-state index in [1.165, 1.54) is 7.11 Å². The van der Waals surface area contributed by atoms with Gasteiger partial charge in [-0.05, 0) is 44.1 Å². The number of carbonyl (C=O) groups is 2. The molecule has 1 heterocycles. The number of nitrogens with zero attached hydrogens (tertiary/aromatic N) is 3. The molecule has 4 rings (SSSR count). The number of ether oxygens (including phenoxy) is 1. The van der Waals surface area contributed by atoms with E-state index < -0.39 is 30.1 Å². The Balaban J connectivity index is 1.37. The zero-order chi connectivity index (χ0) is 27.3. The van der Waals surface area contributed by atoms with Crippen LogP contribution in [0.1, 0.15) is 67.2 Å². The van der Waals surface area contributed by atoms with Gasteiger partial charge in [0, 0.05) is 48.5 Å². The van der Waals surface area contributed by atoms with Crippen molar-refractivity contribution < 1.29 is 27.5 Å². The van der Waals surface area contributed by atoms with Crippen molar-refractivity contribution in [1.82, 2.24) is 20.2 Å². The lowest BCUT2D eigenvalue weighted by molar-refractivity contribution is -0.189. The SMILES string of the molecule is CCC(=Cc1ccccc1)C1CC1N(C(=O)C(F)(F)F)C1CCC(NCc2cnc(C(=O)OC)nc2)CC1. The predicted molar refractivity (Wildman–Crippen MR) is 136 cm³/mol. The number of benzene rings is 1. The van der Waals surface area contributed by atoms with Crippen LogP contribution >= 0.6 is 0 Å². The summed E-state index contributed by atoms with van der Waals surface area (Å²) in [4.78, 5) is 33.2. The zero-order valence-electron chi connectivity index (χ0n) is 21.6. The third kappa shape index (κ3) is 6.78. The van der Waals surface area contributed by atoms with Crippen molar-refractivity contribution in [2.75, 3.05) is 7.11 Å². The molecule has 1 N–H and O–H groups in total. The van der Waals surface area contributed by atoms with Crippen molar-refractivity contribution in [3.63, 3.8) is 0 Å². The summed E-state index contributed by atoms with van der Waals surface area (Å²) >= 11 is 0. The molecule has 7 nitrogen and oxygen atoms in total. The summed E-state index contributed by atoms with van der Waals surface area (Å²) in [6, 6.07) is 8.98. The van der Waals surface area contributed by atoms with Crippen molar-refractivity contribution in [3.05, 3.63) is 65.2 Å². The van der Waals surface area contributed by atoms with Crippen LogP contribution in [0.15, 0.2) is 48.3 Å². The monoisotopic (exact) mass is 530 g/mol. The fourth-order valence-electron chi connectivity index (χ4n) is 5.32. The lowest BCUT2D eigenvalue weighted by atomic mass is 9.89. The molecule has 2 aliphatic rings. The topological polar surface area (TPSA) is 84.4 Å². The lowest BCUT2D eigenvalue weighted by Crippen LogP contribution is -2.51. The third-order valence-electron chi connectivity index (χ3n) is 7.39. The van der Waals surface area contributed by atoms with Gasteiger partial charge in [0.05, 0.1) is 7.11 Å². The van der Waals surface area contributed by atoms with Gasteiger partial charge in [0.15, 0.2) is 0 Å². The molecule has 2 unspecified atom stereocenters. The molecule has 2 aliphatic carbocycles. The summed E-state index contributed by atoms with van der Waals surface area (Å²) in [7, 11) is 1.26. The minimum atomic E-state index is -4.89. The first-order chi connectivity index (χ1) is 18.2. The van der Waals surface area contributed by atoms with Gasteiger partial charge in [-0.2, -0.15) is 13.2 Å². The largest absolute Gasteiger partial charge is 0.471 e. The Kier molecular flexibility index (Phi) is 8.81. The fraction of sp³-hybridized carbons (Fsp3) is 0.500. The van der Waals surface area contributed by atoms with Crippen LogP contribution < -0.4 is 5.32 Å². The summed E-state index contributed by atoms with van der Waals surface area (Å²) in [5.41, 5.74) is 2.88. The van der Waals surface area contributed by atoms with Crippen LogP contribution in [0.25, 0.3) is 6.08 Å². The van der Waals surface area contributed by atoms with Crippen LogP contribution in [0.5, 0.6) is 0 Å². The first-order valence-corrected chi connectivity index (χ1v) is 13.0. The maximum absolute atomic E-state index is 13.6. The van der Waals surface area contributed by atoms with Crippen molar-refractivity contribution in [2.24, 2.45) is 5.92 Å². The average molecular weight is 531 g/mol. The number of nitrogens with one attached hydrogen (secondary N) is 1. The third-order valence-corrected chi connectivity index (χ3v) is 7.39. The first kappa shape index (κ1) is 27.8. The summed E-state index contributed by atoms with van der Waals surface area (Å²) in [5.74, 6) is -2.40. The maximum Gasteiger partial charge on any atom is 0.471 e. The smallest absolute Gasteiger partial charge is 0.463 e. The van der Waals surface area contributed by atoms with Crippen LogP contribution in [-0.2, 0) is 16.1 Å². The highest BCUT2D eigenvalue weighted by Gasteiger charge is 2.54. The molecule has 0 spiro atoms. The number of esters is 1. The number of aromatic nitrogens is 2. The van der Waals surface area contributed by atoms with E-state index in [1.807, 2.05) is 43.3 Å². The van der Waals surface area contributed by atoms with E-state index >= 15 is 0 Å². The number of methoxy groups -OCH3 is 1. The number of halogens is 3. The first-order valence-electron chi connectivity index (χ1n) is 13.0. The Bertz CT molecular complexity index is 1130. The Morgan fingerprint density at radius 1 is 1.11 bits per heavy atom. The number of hydrogen-bond donors (Lipinski definition) is 1. The Morgan fingerprint density at radius 3 is 2.34 bits per heavy atom. The van der Waals surface area contributed by atoms with Crippen LogP contribution in [0.4, 0.5) is 13.2 Å². The molecular formula is C28H33F3N4O3. The Morgan fingerprint density at radius 2 is 1.76 bits per heavy atom. The van der Waals surface area contributed by atoms with Crippen LogP contribution in [0.2, 0.25) is 0 Å². The van der Waals surface area contributed by atoms with E-state index in [9.17, 15) is 22.8 Å². The van der Waals surface area contributed by atoms with Gasteiger partial charge in [0.2, 0.25) is 5.82 Å². The van der Waals surface area contributed by atoms with Gasteiger partial charge in [0.25, 0.3) is 0 Å². The summed E-state index contributed by atoms with van der Waals surface area (Å²) < 4.78 is 45.5. The van der Waals surface area contributed by atoms with Gasteiger partial charge in [-0.1, -0.05) is 48.9 Å². The van der Waals surface area contributed by atoms with Gasteiger partial charge < -0.3 is 15.0 Å². The number of carbonyl (C=O) groups excluding carboxylic acids is 2. The molecule has 10 heteroatoms. The van der Waals surface area contributed by atoms with Gasteiger partial charge in [-0.3, -0.25) is 4.79 Å². The minimum Gasteiger partial charge on any atom is -0.463 e. The second-order valence-corrected chi connectivity index (χ2v) is 9.90. The average Bonchev–Trinajstić information content (AvgIpc) is 3.71. The highest BCUT2D eigenvalue weighted by atomic mass is 19.4. The van der Waals surface area contributed by atoms with Crippen LogP contribution in [-0.4, -0.2) is 58.2 Å². The molecular weight excluding hydrogens is 497 g/mol. The van der Waals surface area contributed by atoms with E-state index in [1.54, 1.807) is 12.4 Å². The molecule has 1 amide bonds. The van der Waals surface area contributed by atoms with Crippen molar-refractivity contribution >= 4 is 18.0 Å². The normalized spacial score (nSPS) is 23.6. The molecule has 1 aromatic heterocycles. The molecule has 2 aromatic rings. The quantitative estimate of drug-likeness (QED) is 0.463. The van der Waals surface area contributed by atoms with Crippen LogP contribution in [0, 0.1) is 5.92 Å². The fourth-order valence-corrected chi connectivity index (χ4v) is 5.32. The molecule has 0 aliphatic heterocycles.